The van der Waals surface area contributed by atoms with Gasteiger partial charge in [0.05, 0.1) is 27.8 Å². The highest BCUT2D eigenvalue weighted by Gasteiger charge is 2.41. The monoisotopic (exact) mass is 682 g/mol. The summed E-state index contributed by atoms with van der Waals surface area (Å²) in [5, 5.41) is 13.7. The highest BCUT2D eigenvalue weighted by atomic mass is 127. The summed E-state index contributed by atoms with van der Waals surface area (Å²) in [6.45, 7) is 3.82. The zero-order valence-electron chi connectivity index (χ0n) is 23.2. The van der Waals surface area contributed by atoms with E-state index in [1.807, 2.05) is 32.2 Å². The number of benzene rings is 2. The number of piperidine rings is 1. The molecule has 1 atom stereocenters. The second kappa shape index (κ2) is 11.5. The van der Waals surface area contributed by atoms with Crippen LogP contribution in [0.2, 0.25) is 0 Å². The first-order chi connectivity index (χ1) is 20.2. The van der Waals surface area contributed by atoms with E-state index in [1.165, 1.54) is 11.1 Å². The minimum atomic E-state index is -0.848. The van der Waals surface area contributed by atoms with Gasteiger partial charge in [0.2, 0.25) is 0 Å². The number of carbonyl (C=O) groups excluding carboxylic acids is 2. The largest absolute Gasteiger partial charge is 0.491 e. The maximum Gasteiger partial charge on any atom is 0.261 e. The minimum absolute atomic E-state index is 0.0692. The molecule has 12 heteroatoms. The highest BCUT2D eigenvalue weighted by molar-refractivity contribution is 14.1. The molecule has 1 saturated heterocycles. The molecule has 4 aromatic rings. The van der Waals surface area contributed by atoms with E-state index in [4.69, 9.17) is 4.74 Å². The van der Waals surface area contributed by atoms with Gasteiger partial charge < -0.3 is 30.0 Å². The van der Waals surface area contributed by atoms with E-state index in [0.29, 0.717) is 33.6 Å². The van der Waals surface area contributed by atoms with Gasteiger partial charge in [-0.25, -0.2) is 4.98 Å². The van der Waals surface area contributed by atoms with Gasteiger partial charge in [-0.15, -0.1) is 0 Å². The van der Waals surface area contributed by atoms with Crippen LogP contribution in [0.4, 0.5) is 5.69 Å². The summed E-state index contributed by atoms with van der Waals surface area (Å²) in [4.78, 5) is 53.6. The number of H-pyrrole nitrogens is 2. The van der Waals surface area contributed by atoms with Gasteiger partial charge in [0.15, 0.2) is 0 Å². The number of hydrogen-bond donors (Lipinski definition) is 4. The molecule has 2 aliphatic rings. The molecule has 0 saturated carbocycles. The van der Waals surface area contributed by atoms with Crippen LogP contribution < -0.4 is 15.6 Å². The number of amides is 2. The molecule has 0 radical (unpaired) electrons. The fraction of sp³-hybridized carbons (Fsp3) is 0.333. The maximum absolute atomic E-state index is 13.3. The van der Waals surface area contributed by atoms with Crippen molar-refractivity contribution in [2.24, 2.45) is 0 Å². The number of imidazole rings is 1. The number of imide groups is 1. The number of rotatable bonds is 8. The third-order valence-corrected chi connectivity index (χ3v) is 8.54. The van der Waals surface area contributed by atoms with Gasteiger partial charge in [-0.3, -0.25) is 19.3 Å². The van der Waals surface area contributed by atoms with Crippen LogP contribution in [-0.4, -0.2) is 87.1 Å². The van der Waals surface area contributed by atoms with Crippen molar-refractivity contribution in [3.63, 3.8) is 0 Å². The molecule has 0 aliphatic carbocycles. The standard InChI is InChI=1S/C30H31IN6O5/c1-16-11-17(31)3-4-25(16)42-15-19(38)14-33-22-5-8-32-28(39)26(22)27-34-23-12-20-21(13-24(23)35-27)30(41)37(29(20)40)18-6-9-36(2)10-7-18/h3-5,8,11-13,18-19,38H,6-7,9-10,14-15H2,1-2H3,(H,34,35)(H2,32,33,39). The molecule has 2 aromatic carbocycles. The number of nitrogens with zero attached hydrogens (tertiary/aromatic N) is 3. The fourth-order valence-electron chi connectivity index (χ4n) is 5.57. The lowest BCUT2D eigenvalue weighted by molar-refractivity contribution is 0.0516. The molecular formula is C30H31IN6O5. The average Bonchev–Trinajstić information content (AvgIpc) is 3.48. The Morgan fingerprint density at radius 2 is 1.86 bits per heavy atom. The molecular weight excluding hydrogens is 651 g/mol. The van der Waals surface area contributed by atoms with E-state index in [0.717, 1.165) is 35.1 Å². The van der Waals surface area contributed by atoms with Crippen molar-refractivity contribution < 1.29 is 19.4 Å². The lowest BCUT2D eigenvalue weighted by Gasteiger charge is -2.33. The van der Waals surface area contributed by atoms with Crippen molar-refractivity contribution in [3.8, 4) is 17.1 Å². The SMILES string of the molecule is Cc1cc(I)ccc1OCC(O)CNc1cc[nH]c(=O)c1-c1nc2cc3c(cc2[nH]1)C(=O)N(C1CCN(C)CC1)C3=O. The number of ether oxygens (including phenoxy) is 1. The van der Waals surface area contributed by atoms with Crippen LogP contribution in [0.15, 0.2) is 47.4 Å². The number of carbonyl (C=O) groups is 2. The van der Waals surface area contributed by atoms with Crippen LogP contribution in [0.1, 0.15) is 39.1 Å². The van der Waals surface area contributed by atoms with Gasteiger partial charge >= 0.3 is 0 Å². The van der Waals surface area contributed by atoms with Crippen LogP contribution in [0.3, 0.4) is 0 Å². The molecule has 218 valence electrons. The van der Waals surface area contributed by atoms with E-state index < -0.39 is 6.10 Å². The molecule has 42 heavy (non-hydrogen) atoms. The van der Waals surface area contributed by atoms with Crippen molar-refractivity contribution in [1.82, 2.24) is 24.8 Å². The number of halogens is 1. The second-order valence-electron chi connectivity index (χ2n) is 10.9. The van der Waals surface area contributed by atoms with E-state index in [-0.39, 0.29) is 48.0 Å². The average molecular weight is 683 g/mol. The number of nitrogens with one attached hydrogen (secondary N) is 3. The molecule has 1 unspecified atom stereocenters. The summed E-state index contributed by atoms with van der Waals surface area (Å²) in [5.74, 6) is 0.393. The Kier molecular flexibility index (Phi) is 7.77. The van der Waals surface area contributed by atoms with Crippen LogP contribution in [0, 0.1) is 10.5 Å². The molecule has 2 amide bonds. The minimum Gasteiger partial charge on any atom is -0.491 e. The topological polar surface area (TPSA) is 144 Å². The van der Waals surface area contributed by atoms with E-state index in [2.05, 4.69) is 47.8 Å². The fourth-order valence-corrected chi connectivity index (χ4v) is 6.22. The predicted molar refractivity (Wildman–Crippen MR) is 167 cm³/mol. The van der Waals surface area contributed by atoms with Crippen molar-refractivity contribution in [2.75, 3.05) is 38.6 Å². The molecule has 2 aliphatic heterocycles. The lowest BCUT2D eigenvalue weighted by atomic mass is 10.0. The molecule has 4 heterocycles. The highest BCUT2D eigenvalue weighted by Crippen LogP contribution is 2.32. The first kappa shape index (κ1) is 28.4. The first-order valence-corrected chi connectivity index (χ1v) is 14.9. The quantitative estimate of drug-likeness (QED) is 0.164. The molecule has 0 bridgehead atoms. The second-order valence-corrected chi connectivity index (χ2v) is 12.1. The van der Waals surface area contributed by atoms with Crippen LogP contribution >= 0.6 is 22.6 Å². The number of pyridine rings is 1. The number of aliphatic hydroxyl groups is 1. The zero-order valence-corrected chi connectivity index (χ0v) is 25.4. The predicted octanol–water partition coefficient (Wildman–Crippen LogP) is 3.37. The van der Waals surface area contributed by atoms with Crippen molar-refractivity contribution in [1.29, 1.82) is 0 Å². The Morgan fingerprint density at radius 1 is 1.12 bits per heavy atom. The molecule has 2 aromatic heterocycles. The Bertz CT molecular complexity index is 1690. The first-order valence-electron chi connectivity index (χ1n) is 13.8. The number of likely N-dealkylation sites (tertiary alicyclic amines) is 1. The van der Waals surface area contributed by atoms with Crippen LogP contribution in [0.5, 0.6) is 5.75 Å². The normalized spacial score (nSPS) is 16.7. The third-order valence-electron chi connectivity index (χ3n) is 7.87. The summed E-state index contributed by atoms with van der Waals surface area (Å²) < 4.78 is 6.89. The van der Waals surface area contributed by atoms with Gasteiger partial charge in [0.25, 0.3) is 17.4 Å². The number of fused-ring (bicyclic) bond motifs is 2. The van der Waals surface area contributed by atoms with Gasteiger partial charge in [0.1, 0.15) is 29.8 Å². The van der Waals surface area contributed by atoms with E-state index in [9.17, 15) is 19.5 Å². The summed E-state index contributed by atoms with van der Waals surface area (Å²) in [6.07, 6.45) is 2.17. The summed E-state index contributed by atoms with van der Waals surface area (Å²) in [6, 6.07) is 10.7. The van der Waals surface area contributed by atoms with Gasteiger partial charge in [-0.1, -0.05) is 0 Å². The number of aliphatic hydroxyl groups excluding tert-OH is 1. The Balaban J connectivity index is 1.20. The Morgan fingerprint density at radius 3 is 2.60 bits per heavy atom. The molecule has 0 spiro atoms. The van der Waals surface area contributed by atoms with Gasteiger partial charge in [0, 0.05) is 22.4 Å². The van der Waals surface area contributed by atoms with Crippen molar-refractivity contribution >= 4 is 51.1 Å². The van der Waals surface area contributed by atoms with Crippen molar-refractivity contribution in [2.45, 2.75) is 31.9 Å². The van der Waals surface area contributed by atoms with E-state index in [1.54, 1.807) is 18.2 Å². The molecule has 4 N–H and O–H groups in total. The van der Waals surface area contributed by atoms with Crippen LogP contribution in [0.25, 0.3) is 22.4 Å². The smallest absolute Gasteiger partial charge is 0.261 e. The van der Waals surface area contributed by atoms with E-state index >= 15 is 0 Å². The third kappa shape index (κ3) is 5.41. The Labute approximate surface area is 255 Å². The van der Waals surface area contributed by atoms with Crippen LogP contribution in [-0.2, 0) is 0 Å². The number of aromatic nitrogens is 3. The van der Waals surface area contributed by atoms with Gasteiger partial charge in [-0.05, 0) is 104 Å². The number of aryl methyl sites for hydroxylation is 1. The molecule has 6 rings (SSSR count). The van der Waals surface area contributed by atoms with Crippen molar-refractivity contribution in [3.05, 3.63) is 73.2 Å². The molecule has 11 nitrogen and oxygen atoms in total. The number of anilines is 1. The molecule has 1 fully saturated rings. The lowest BCUT2D eigenvalue weighted by Crippen LogP contribution is -2.46. The number of hydrogen-bond acceptors (Lipinski definition) is 8. The Hall–Kier alpha value is -3.75. The van der Waals surface area contributed by atoms with Gasteiger partial charge in [-0.2, -0.15) is 0 Å². The zero-order chi connectivity index (χ0) is 29.5. The summed E-state index contributed by atoms with van der Waals surface area (Å²) in [7, 11) is 2.03. The summed E-state index contributed by atoms with van der Waals surface area (Å²) >= 11 is 2.23. The maximum atomic E-state index is 13.3. The number of aromatic amines is 2. The summed E-state index contributed by atoms with van der Waals surface area (Å²) in [5.41, 5.74) is 3.01.